The Morgan fingerprint density at radius 2 is 2.04 bits per heavy atom. The number of ether oxygens (including phenoxy) is 1. The highest BCUT2D eigenvalue weighted by molar-refractivity contribution is 6.11. The largest absolute Gasteiger partial charge is 0.507 e. The van der Waals surface area contributed by atoms with E-state index in [4.69, 9.17) is 4.74 Å². The van der Waals surface area contributed by atoms with E-state index in [1.807, 2.05) is 18.2 Å². The van der Waals surface area contributed by atoms with E-state index in [-0.39, 0.29) is 22.4 Å². The summed E-state index contributed by atoms with van der Waals surface area (Å²) in [5.74, 6) is 0.186. The molecule has 0 saturated carbocycles. The van der Waals surface area contributed by atoms with E-state index in [1.54, 1.807) is 25.4 Å². The number of ketones is 1. The zero-order valence-corrected chi connectivity index (χ0v) is 14.9. The Morgan fingerprint density at radius 1 is 1.21 bits per heavy atom. The second-order valence-corrected chi connectivity index (χ2v) is 6.19. The molecule has 0 radical (unpaired) electrons. The molecule has 0 amide bonds. The van der Waals surface area contributed by atoms with Crippen LogP contribution >= 0.6 is 0 Å². The number of phenolic OH excluding ortho intramolecular Hbond substituents is 1. The first kappa shape index (κ1) is 17.3. The van der Waals surface area contributed by atoms with Crippen LogP contribution in [0.15, 0.2) is 60.9 Å². The third-order valence-corrected chi connectivity index (χ3v) is 4.56. The second-order valence-electron chi connectivity index (χ2n) is 6.19. The summed E-state index contributed by atoms with van der Waals surface area (Å²) in [5.41, 5.74) is 2.76. The summed E-state index contributed by atoms with van der Waals surface area (Å²) < 4.78 is 5.28. The van der Waals surface area contributed by atoms with E-state index < -0.39 is 5.78 Å². The van der Waals surface area contributed by atoms with Crippen LogP contribution in [0.2, 0.25) is 0 Å². The van der Waals surface area contributed by atoms with Crippen LogP contribution in [-0.4, -0.2) is 28.0 Å². The summed E-state index contributed by atoms with van der Waals surface area (Å²) in [4.78, 5) is 20.2. The number of benzene rings is 2. The average molecular weight is 369 g/mol. The predicted octanol–water partition coefficient (Wildman–Crippen LogP) is 4.05. The smallest absolute Gasteiger partial charge is 0.198 e. The lowest BCUT2D eigenvalue weighted by atomic mass is 9.99. The SMILES string of the molecule is COc1ccc2[nH]cc(-c3ncc(C(=O)c4ccccc4O)cc3C#N)c2c1. The maximum absolute atomic E-state index is 12.7. The molecular formula is C22H15N3O3. The molecule has 0 saturated heterocycles. The number of aromatic nitrogens is 2. The van der Waals surface area contributed by atoms with Crippen LogP contribution in [0.4, 0.5) is 0 Å². The van der Waals surface area contributed by atoms with Crippen molar-refractivity contribution in [3.8, 4) is 28.8 Å². The van der Waals surface area contributed by atoms with Gasteiger partial charge in [0.05, 0.1) is 23.9 Å². The summed E-state index contributed by atoms with van der Waals surface area (Å²) >= 11 is 0. The number of rotatable bonds is 4. The van der Waals surface area contributed by atoms with Crippen molar-refractivity contribution in [2.75, 3.05) is 7.11 Å². The standard InChI is InChI=1S/C22H15N3O3/c1-28-15-6-7-19-17(9-15)18(12-24-19)21-13(10-23)8-14(11-25-21)22(27)16-4-2-3-5-20(16)26/h2-9,11-12,24,26H,1H3. The fourth-order valence-corrected chi connectivity index (χ4v) is 3.13. The minimum absolute atomic E-state index is 0.112. The summed E-state index contributed by atoms with van der Waals surface area (Å²) in [6.07, 6.45) is 3.20. The lowest BCUT2D eigenvalue weighted by molar-refractivity contribution is 0.103. The molecule has 0 spiro atoms. The van der Waals surface area contributed by atoms with Crippen molar-refractivity contribution in [2.45, 2.75) is 0 Å². The Labute approximate surface area is 160 Å². The third kappa shape index (κ3) is 2.85. The normalized spacial score (nSPS) is 10.6. The molecule has 136 valence electrons. The predicted molar refractivity (Wildman–Crippen MR) is 104 cm³/mol. The molecule has 4 aromatic rings. The number of aromatic hydroxyl groups is 1. The highest BCUT2D eigenvalue weighted by Crippen LogP contribution is 2.32. The van der Waals surface area contributed by atoms with Gasteiger partial charge in [-0.3, -0.25) is 9.78 Å². The quantitative estimate of drug-likeness (QED) is 0.529. The molecule has 0 atom stereocenters. The lowest BCUT2D eigenvalue weighted by Gasteiger charge is -2.07. The highest BCUT2D eigenvalue weighted by atomic mass is 16.5. The Hall–Kier alpha value is -4.11. The highest BCUT2D eigenvalue weighted by Gasteiger charge is 2.18. The number of para-hydroxylation sites is 1. The monoisotopic (exact) mass is 369 g/mol. The van der Waals surface area contributed by atoms with Gasteiger partial charge in [0.1, 0.15) is 17.6 Å². The topological polar surface area (TPSA) is 99.0 Å². The minimum atomic E-state index is -0.394. The van der Waals surface area contributed by atoms with Crippen LogP contribution in [0.25, 0.3) is 22.2 Å². The van der Waals surface area contributed by atoms with Crippen molar-refractivity contribution in [1.82, 2.24) is 9.97 Å². The van der Waals surface area contributed by atoms with Gasteiger partial charge in [0, 0.05) is 34.4 Å². The number of pyridine rings is 1. The van der Waals surface area contributed by atoms with Crippen molar-refractivity contribution < 1.29 is 14.6 Å². The molecule has 4 rings (SSSR count). The van der Waals surface area contributed by atoms with E-state index in [0.29, 0.717) is 11.4 Å². The molecule has 0 aliphatic heterocycles. The van der Waals surface area contributed by atoms with Crippen molar-refractivity contribution in [3.05, 3.63) is 77.6 Å². The van der Waals surface area contributed by atoms with Gasteiger partial charge >= 0.3 is 0 Å². The van der Waals surface area contributed by atoms with Gasteiger partial charge in [-0.05, 0) is 36.4 Å². The minimum Gasteiger partial charge on any atom is -0.507 e. The fraction of sp³-hybridized carbons (Fsp3) is 0.0455. The molecule has 0 aliphatic carbocycles. The maximum Gasteiger partial charge on any atom is 0.198 e. The van der Waals surface area contributed by atoms with Crippen molar-refractivity contribution in [1.29, 1.82) is 5.26 Å². The molecule has 2 heterocycles. The van der Waals surface area contributed by atoms with Crippen LogP contribution in [0, 0.1) is 11.3 Å². The molecule has 6 nitrogen and oxygen atoms in total. The third-order valence-electron chi connectivity index (χ3n) is 4.56. The second kappa shape index (κ2) is 6.89. The molecule has 6 heteroatoms. The summed E-state index contributed by atoms with van der Waals surface area (Å²) in [7, 11) is 1.59. The Kier molecular flexibility index (Phi) is 4.26. The molecule has 0 bridgehead atoms. The maximum atomic E-state index is 12.7. The number of phenols is 1. The summed E-state index contributed by atoms with van der Waals surface area (Å²) in [6, 6.07) is 15.5. The number of H-pyrrole nitrogens is 1. The molecule has 2 N–H and O–H groups in total. The van der Waals surface area contributed by atoms with E-state index in [9.17, 15) is 15.2 Å². The summed E-state index contributed by atoms with van der Waals surface area (Å²) in [5, 5.41) is 20.4. The van der Waals surface area contributed by atoms with E-state index >= 15 is 0 Å². The van der Waals surface area contributed by atoms with Crippen LogP contribution in [-0.2, 0) is 0 Å². The van der Waals surface area contributed by atoms with Gasteiger partial charge < -0.3 is 14.8 Å². The molecule has 2 aromatic carbocycles. The number of methoxy groups -OCH3 is 1. The van der Waals surface area contributed by atoms with Crippen molar-refractivity contribution in [2.24, 2.45) is 0 Å². The Bertz CT molecular complexity index is 1250. The molecular weight excluding hydrogens is 354 g/mol. The van der Waals surface area contributed by atoms with E-state index in [0.717, 1.165) is 16.5 Å². The number of hydrogen-bond donors (Lipinski definition) is 2. The Morgan fingerprint density at radius 3 is 2.79 bits per heavy atom. The molecule has 0 unspecified atom stereocenters. The van der Waals surface area contributed by atoms with E-state index in [2.05, 4.69) is 16.0 Å². The average Bonchev–Trinajstić information content (AvgIpc) is 3.16. The van der Waals surface area contributed by atoms with Gasteiger partial charge in [-0.1, -0.05) is 12.1 Å². The zero-order chi connectivity index (χ0) is 19.7. The van der Waals surface area contributed by atoms with Crippen LogP contribution < -0.4 is 4.74 Å². The number of nitrogens with zero attached hydrogens (tertiary/aromatic N) is 2. The first-order valence-corrected chi connectivity index (χ1v) is 8.50. The number of carbonyl (C=O) groups excluding carboxylic acids is 1. The van der Waals surface area contributed by atoms with Gasteiger partial charge in [0.25, 0.3) is 0 Å². The first-order chi connectivity index (χ1) is 13.6. The molecule has 0 fully saturated rings. The van der Waals surface area contributed by atoms with Gasteiger partial charge in [0.15, 0.2) is 5.78 Å². The number of nitriles is 1. The number of fused-ring (bicyclic) bond motifs is 1. The number of aromatic amines is 1. The van der Waals surface area contributed by atoms with E-state index in [1.165, 1.54) is 24.4 Å². The van der Waals surface area contributed by atoms with Gasteiger partial charge in [0.2, 0.25) is 0 Å². The lowest BCUT2D eigenvalue weighted by Crippen LogP contribution is -2.04. The molecule has 28 heavy (non-hydrogen) atoms. The molecule has 2 aromatic heterocycles. The first-order valence-electron chi connectivity index (χ1n) is 8.50. The zero-order valence-electron chi connectivity index (χ0n) is 14.9. The summed E-state index contributed by atoms with van der Waals surface area (Å²) in [6.45, 7) is 0. The number of nitrogens with one attached hydrogen (secondary N) is 1. The molecule has 0 aliphatic rings. The number of carbonyl (C=O) groups is 1. The van der Waals surface area contributed by atoms with Crippen LogP contribution in [0.1, 0.15) is 21.5 Å². The number of hydrogen-bond acceptors (Lipinski definition) is 5. The van der Waals surface area contributed by atoms with Gasteiger partial charge in [-0.25, -0.2) is 0 Å². The Balaban J connectivity index is 1.82. The van der Waals surface area contributed by atoms with Crippen molar-refractivity contribution in [3.63, 3.8) is 0 Å². The van der Waals surface area contributed by atoms with Crippen LogP contribution in [0.5, 0.6) is 11.5 Å². The van der Waals surface area contributed by atoms with Gasteiger partial charge in [-0.15, -0.1) is 0 Å². The fourth-order valence-electron chi connectivity index (χ4n) is 3.13. The van der Waals surface area contributed by atoms with Crippen LogP contribution in [0.3, 0.4) is 0 Å². The van der Waals surface area contributed by atoms with Crippen molar-refractivity contribution >= 4 is 16.7 Å². The van der Waals surface area contributed by atoms with Gasteiger partial charge in [-0.2, -0.15) is 5.26 Å².